The maximum absolute atomic E-state index is 12.3. The Kier molecular flexibility index (Phi) is 4.98. The molecule has 110 valence electrons. The summed E-state index contributed by atoms with van der Waals surface area (Å²) >= 11 is 15.3. The van der Waals surface area contributed by atoms with Gasteiger partial charge in [-0.05, 0) is 40.2 Å². The van der Waals surface area contributed by atoms with E-state index in [1.165, 1.54) is 12.1 Å². The summed E-state index contributed by atoms with van der Waals surface area (Å²) in [5, 5.41) is 3.12. The highest BCUT2D eigenvalue weighted by molar-refractivity contribution is 9.10. The molecule has 0 heterocycles. The zero-order valence-corrected chi connectivity index (χ0v) is 14.0. The molecule has 0 atom stereocenters. The summed E-state index contributed by atoms with van der Waals surface area (Å²) < 4.78 is 5.83. The van der Waals surface area contributed by atoms with Crippen molar-refractivity contribution < 1.29 is 9.53 Å². The smallest absolute Gasteiger partial charge is 0.257 e. The van der Waals surface area contributed by atoms with Crippen LogP contribution in [0.1, 0.15) is 10.4 Å². The number of methoxy groups -OCH3 is 1. The van der Waals surface area contributed by atoms with Gasteiger partial charge in [0.2, 0.25) is 0 Å². The van der Waals surface area contributed by atoms with E-state index >= 15 is 0 Å². The third-order valence-corrected chi connectivity index (χ3v) is 4.21. The third kappa shape index (κ3) is 3.61. The summed E-state index contributed by atoms with van der Waals surface area (Å²) in [5.41, 5.74) is 6.80. The molecule has 0 saturated heterocycles. The van der Waals surface area contributed by atoms with Gasteiger partial charge >= 0.3 is 0 Å². The Balaban J connectivity index is 2.34. The van der Waals surface area contributed by atoms with E-state index in [0.717, 1.165) is 0 Å². The Morgan fingerprint density at radius 3 is 2.67 bits per heavy atom. The Morgan fingerprint density at radius 1 is 1.29 bits per heavy atom. The van der Waals surface area contributed by atoms with Crippen LogP contribution >= 0.6 is 39.1 Å². The van der Waals surface area contributed by atoms with Crippen molar-refractivity contribution in [3.05, 3.63) is 50.4 Å². The van der Waals surface area contributed by atoms with E-state index in [2.05, 4.69) is 21.2 Å². The summed E-state index contributed by atoms with van der Waals surface area (Å²) in [6, 6.07) is 8.18. The molecule has 0 aliphatic carbocycles. The number of halogens is 3. The predicted octanol–water partition coefficient (Wildman–Crippen LogP) is 4.60. The van der Waals surface area contributed by atoms with Crippen molar-refractivity contribution in [3.63, 3.8) is 0 Å². The molecule has 0 radical (unpaired) electrons. The number of ether oxygens (including phenoxy) is 1. The van der Waals surface area contributed by atoms with Gasteiger partial charge in [-0.15, -0.1) is 0 Å². The number of benzene rings is 2. The van der Waals surface area contributed by atoms with E-state index < -0.39 is 5.91 Å². The first-order chi connectivity index (χ1) is 9.92. The molecular weight excluding hydrogens is 379 g/mol. The molecule has 0 saturated carbocycles. The Hall–Kier alpha value is -1.43. The van der Waals surface area contributed by atoms with Gasteiger partial charge in [0.05, 0.1) is 28.4 Å². The molecule has 0 fully saturated rings. The molecule has 0 unspecified atom stereocenters. The first kappa shape index (κ1) is 15.9. The van der Waals surface area contributed by atoms with Crippen LogP contribution in [0.15, 0.2) is 34.8 Å². The van der Waals surface area contributed by atoms with Crippen molar-refractivity contribution in [2.45, 2.75) is 0 Å². The minimum atomic E-state index is -0.414. The van der Waals surface area contributed by atoms with Crippen LogP contribution in [0.3, 0.4) is 0 Å². The molecular formula is C14H11BrCl2N2O2. The number of rotatable bonds is 3. The van der Waals surface area contributed by atoms with Gasteiger partial charge in [-0.2, -0.15) is 0 Å². The van der Waals surface area contributed by atoms with Crippen LogP contribution in [0.2, 0.25) is 10.0 Å². The summed E-state index contributed by atoms with van der Waals surface area (Å²) in [5.74, 6) is 0.202. The maximum Gasteiger partial charge on any atom is 0.257 e. The first-order valence-corrected chi connectivity index (χ1v) is 7.36. The molecule has 7 heteroatoms. The lowest BCUT2D eigenvalue weighted by Crippen LogP contribution is -2.13. The quantitative estimate of drug-likeness (QED) is 0.754. The number of hydrogen-bond acceptors (Lipinski definition) is 3. The van der Waals surface area contributed by atoms with Crippen LogP contribution in [0.4, 0.5) is 11.4 Å². The second-order valence-corrected chi connectivity index (χ2v) is 5.80. The largest absolute Gasteiger partial charge is 0.497 e. The molecule has 0 bridgehead atoms. The molecule has 21 heavy (non-hydrogen) atoms. The fourth-order valence-corrected chi connectivity index (χ4v) is 2.46. The number of hydrogen-bond donors (Lipinski definition) is 2. The molecule has 2 aromatic rings. The highest BCUT2D eigenvalue weighted by atomic mass is 79.9. The standard InChI is InChI=1S/C14H11BrCl2N2O2/c1-21-8-2-3-10(15)12(6-8)19-14(20)9-4-7(18)5-11(16)13(9)17/h2-6H,18H2,1H3,(H,19,20). The zero-order chi connectivity index (χ0) is 15.6. The molecule has 4 nitrogen and oxygen atoms in total. The van der Waals surface area contributed by atoms with Crippen LogP contribution in [0, 0.1) is 0 Å². The monoisotopic (exact) mass is 388 g/mol. The Labute approximate surface area is 140 Å². The average Bonchev–Trinajstić information content (AvgIpc) is 2.45. The fourth-order valence-electron chi connectivity index (χ4n) is 1.69. The lowest BCUT2D eigenvalue weighted by Gasteiger charge is -2.11. The van der Waals surface area contributed by atoms with Crippen molar-refractivity contribution in [3.8, 4) is 5.75 Å². The zero-order valence-electron chi connectivity index (χ0n) is 10.9. The lowest BCUT2D eigenvalue weighted by atomic mass is 10.1. The van der Waals surface area contributed by atoms with Crippen LogP contribution < -0.4 is 15.8 Å². The molecule has 0 aliphatic rings. The van der Waals surface area contributed by atoms with Gasteiger partial charge in [0, 0.05) is 16.2 Å². The van der Waals surface area contributed by atoms with E-state index in [4.69, 9.17) is 33.7 Å². The highest BCUT2D eigenvalue weighted by Crippen LogP contribution is 2.31. The topological polar surface area (TPSA) is 64.3 Å². The van der Waals surface area contributed by atoms with Crippen LogP contribution in [-0.2, 0) is 0 Å². The minimum Gasteiger partial charge on any atom is -0.497 e. The van der Waals surface area contributed by atoms with E-state index in [9.17, 15) is 4.79 Å². The van der Waals surface area contributed by atoms with Gasteiger partial charge < -0.3 is 15.8 Å². The van der Waals surface area contributed by atoms with Crippen molar-refractivity contribution in [2.24, 2.45) is 0 Å². The van der Waals surface area contributed by atoms with Gasteiger partial charge in [-0.1, -0.05) is 23.2 Å². The highest BCUT2D eigenvalue weighted by Gasteiger charge is 2.15. The SMILES string of the molecule is COc1ccc(Br)c(NC(=O)c2cc(N)cc(Cl)c2Cl)c1. The van der Waals surface area contributed by atoms with Gasteiger partial charge in [0.1, 0.15) is 5.75 Å². The summed E-state index contributed by atoms with van der Waals surface area (Å²) in [6.07, 6.45) is 0. The van der Waals surface area contributed by atoms with E-state index in [1.54, 1.807) is 25.3 Å². The predicted molar refractivity (Wildman–Crippen MR) is 89.5 cm³/mol. The molecule has 0 spiro atoms. The van der Waals surface area contributed by atoms with Crippen molar-refractivity contribution in [2.75, 3.05) is 18.2 Å². The number of nitrogens with two attached hydrogens (primary N) is 1. The number of carbonyl (C=O) groups excluding carboxylic acids is 1. The molecule has 2 aromatic carbocycles. The van der Waals surface area contributed by atoms with Crippen LogP contribution in [0.5, 0.6) is 5.75 Å². The van der Waals surface area contributed by atoms with Gasteiger partial charge in [0.25, 0.3) is 5.91 Å². The van der Waals surface area contributed by atoms with Gasteiger partial charge in [-0.3, -0.25) is 4.79 Å². The number of carbonyl (C=O) groups is 1. The van der Waals surface area contributed by atoms with Crippen molar-refractivity contribution in [1.29, 1.82) is 0 Å². The third-order valence-electron chi connectivity index (χ3n) is 2.72. The lowest BCUT2D eigenvalue weighted by molar-refractivity contribution is 0.102. The molecule has 1 amide bonds. The number of anilines is 2. The van der Waals surface area contributed by atoms with Crippen molar-refractivity contribution >= 4 is 56.4 Å². The van der Waals surface area contributed by atoms with Gasteiger partial charge in [-0.25, -0.2) is 0 Å². The average molecular weight is 390 g/mol. The van der Waals surface area contributed by atoms with E-state index in [1.807, 2.05) is 0 Å². The molecule has 0 aromatic heterocycles. The number of nitrogen functional groups attached to an aromatic ring is 1. The Morgan fingerprint density at radius 2 is 2.00 bits per heavy atom. The van der Waals surface area contributed by atoms with E-state index in [-0.39, 0.29) is 15.6 Å². The van der Waals surface area contributed by atoms with Gasteiger partial charge in [0.15, 0.2) is 0 Å². The molecule has 2 rings (SSSR count). The minimum absolute atomic E-state index is 0.155. The number of nitrogens with one attached hydrogen (secondary N) is 1. The Bertz CT molecular complexity index is 708. The summed E-state index contributed by atoms with van der Waals surface area (Å²) in [4.78, 5) is 12.3. The second kappa shape index (κ2) is 6.56. The normalized spacial score (nSPS) is 10.3. The second-order valence-electron chi connectivity index (χ2n) is 4.16. The first-order valence-electron chi connectivity index (χ1n) is 5.81. The van der Waals surface area contributed by atoms with E-state index in [0.29, 0.717) is 21.6 Å². The fraction of sp³-hybridized carbons (Fsp3) is 0.0714. The van der Waals surface area contributed by atoms with Crippen molar-refractivity contribution in [1.82, 2.24) is 0 Å². The number of amides is 1. The summed E-state index contributed by atoms with van der Waals surface area (Å²) in [6.45, 7) is 0. The van der Waals surface area contributed by atoms with Crippen LogP contribution in [-0.4, -0.2) is 13.0 Å². The van der Waals surface area contributed by atoms with Crippen LogP contribution in [0.25, 0.3) is 0 Å². The maximum atomic E-state index is 12.3. The molecule has 3 N–H and O–H groups in total. The molecule has 0 aliphatic heterocycles. The summed E-state index contributed by atoms with van der Waals surface area (Å²) in [7, 11) is 1.55.